The Morgan fingerprint density at radius 1 is 0.562 bits per heavy atom. The molecule has 1 aromatic heterocycles. The lowest BCUT2D eigenvalue weighted by Gasteiger charge is -2.28. The number of H-pyrrole nitrogens is 1. The van der Waals surface area contributed by atoms with Crippen molar-refractivity contribution in [2.45, 2.75) is 124 Å². The summed E-state index contributed by atoms with van der Waals surface area (Å²) in [5.41, 5.74) is 41.1. The maximum absolute atomic E-state index is 14.7. The highest BCUT2D eigenvalue weighted by atomic mass is 79.9. The van der Waals surface area contributed by atoms with Gasteiger partial charge in [0.1, 0.15) is 42.3 Å². The molecule has 0 aliphatic rings. The van der Waals surface area contributed by atoms with Gasteiger partial charge in [-0.15, -0.1) is 0 Å². The van der Waals surface area contributed by atoms with Crippen LogP contribution in [-0.2, 0) is 51.2 Å². The van der Waals surface area contributed by atoms with Crippen LogP contribution in [0.1, 0.15) is 69.4 Å². The monoisotopic (exact) mass is 1220 g/mol. The van der Waals surface area contributed by atoms with Crippen LogP contribution in [0.25, 0.3) is 10.9 Å². The number of halogens is 1. The molecule has 0 saturated carbocycles. The number of alkyl halides is 1. The molecule has 2 aromatic carbocycles. The summed E-state index contributed by atoms with van der Waals surface area (Å²) in [6.45, 7) is 2.11. The third-order valence-corrected chi connectivity index (χ3v) is 13.6. The minimum absolute atomic E-state index is 0.0349. The predicted molar refractivity (Wildman–Crippen MR) is 316 cm³/mol. The molecule has 0 fully saturated rings. The number of carboxylic acids is 1. The molecule has 0 spiro atoms. The Kier molecular flexibility index (Phi) is 29.6. The number of benzene rings is 2. The first-order valence-corrected chi connectivity index (χ1v) is 28.0. The van der Waals surface area contributed by atoms with Crippen molar-refractivity contribution in [1.82, 2.24) is 42.2 Å². The maximum Gasteiger partial charge on any atom is 0.327 e. The van der Waals surface area contributed by atoms with E-state index >= 15 is 0 Å². The zero-order chi connectivity index (χ0) is 59.3. The first kappa shape index (κ1) is 67.0. The number of aromatic nitrogens is 1. The van der Waals surface area contributed by atoms with Crippen LogP contribution in [0.3, 0.4) is 0 Å². The quantitative estimate of drug-likeness (QED) is 0.00929. The Morgan fingerprint density at radius 2 is 1.01 bits per heavy atom. The molecule has 3 aromatic rings. The van der Waals surface area contributed by atoms with E-state index in [1.54, 1.807) is 48.7 Å². The molecular weight excluding hydrogens is 1140 g/mol. The smallest absolute Gasteiger partial charge is 0.327 e. The number of aromatic amines is 1. The van der Waals surface area contributed by atoms with Gasteiger partial charge in [0, 0.05) is 59.4 Å². The number of aliphatic carboxylic acids is 1. The zero-order valence-electron chi connectivity index (χ0n) is 44.4. The highest BCUT2D eigenvalue weighted by Gasteiger charge is 2.35. The average Bonchev–Trinajstić information content (AvgIpc) is 3.83. The molecule has 7 amide bonds. The summed E-state index contributed by atoms with van der Waals surface area (Å²) in [6, 6.07) is 5.22. The van der Waals surface area contributed by atoms with Crippen molar-refractivity contribution in [1.29, 1.82) is 0 Å². The second-order valence-electron chi connectivity index (χ2n) is 18.6. The molecule has 0 aliphatic carbocycles. The molecule has 80 heavy (non-hydrogen) atoms. The van der Waals surface area contributed by atoms with Crippen molar-refractivity contribution in [3.63, 3.8) is 0 Å². The lowest BCUT2D eigenvalue weighted by atomic mass is 10.0. The third-order valence-electron chi connectivity index (χ3n) is 12.2. The standard InChI is InChI=1S/C50H77BrN18O9S2/c1-2-3-15-33(63-40(70)31(52)14-9-18-59-48(53)54)42(72)68-38(25-79)46(76)64-34(17-10-19-60-49(55)56)41(71)65-35(20-27-11-5-4-6-12-27)43(73)67-37(22-29(51)24-62-50(57)58)45(75)66-36(44(74)69-39(26-80)47(77)78)21-28-23-61-32-16-8-7-13-30(28)32/h4-8,11-13,16,23,29,31,33-39,61,79-80H,2-3,9-10,14-15,17-22,24-26,52H2,1H3,(H,63,70)(H,64,76)(H,65,71)(H,66,75)(H,67,73)(H,68,72)(H,69,74)(H,77,78)(H4,53,54,59)(H4,55,56,60)(H4,57,58,62)/t29?,31-,33-,34-,35+,36-,37-,38-,39-/m0/s1. The number of thiol groups is 2. The molecule has 440 valence electrons. The van der Waals surface area contributed by atoms with Crippen molar-refractivity contribution >= 4 is 117 Å². The lowest BCUT2D eigenvalue weighted by molar-refractivity contribution is -0.141. The van der Waals surface area contributed by atoms with E-state index < -0.39 is 100 Å². The molecule has 30 heteroatoms. The number of fused-ring (bicyclic) bond motifs is 1. The van der Waals surface area contributed by atoms with Gasteiger partial charge in [-0.2, -0.15) is 25.3 Å². The van der Waals surface area contributed by atoms with Gasteiger partial charge >= 0.3 is 5.97 Å². The Morgan fingerprint density at radius 3 is 1.57 bits per heavy atom. The molecule has 3 rings (SSSR count). The number of guanidine groups is 3. The number of unbranched alkanes of at least 4 members (excludes halogenated alkanes) is 1. The molecule has 1 unspecified atom stereocenters. The summed E-state index contributed by atoms with van der Waals surface area (Å²) in [7, 11) is 0. The molecule has 0 radical (unpaired) electrons. The van der Waals surface area contributed by atoms with Crippen molar-refractivity contribution in [2.24, 2.45) is 55.1 Å². The Labute approximate surface area is 483 Å². The number of aliphatic imine (C=N–C) groups is 3. The van der Waals surface area contributed by atoms with Crippen LogP contribution in [0, 0.1) is 0 Å². The largest absolute Gasteiger partial charge is 0.480 e. The molecule has 0 bridgehead atoms. The van der Waals surface area contributed by atoms with Gasteiger partial charge in [-0.05, 0) is 55.7 Å². The number of hydrogen-bond acceptors (Lipinski definition) is 14. The van der Waals surface area contributed by atoms with Crippen LogP contribution in [0.15, 0.2) is 75.8 Å². The minimum atomic E-state index is -1.47. The summed E-state index contributed by atoms with van der Waals surface area (Å²) in [5.74, 6) is -8.09. The van der Waals surface area contributed by atoms with E-state index in [0.29, 0.717) is 30.4 Å². The number of amides is 7. The maximum atomic E-state index is 14.7. The van der Waals surface area contributed by atoms with E-state index in [-0.39, 0.29) is 94.0 Å². The van der Waals surface area contributed by atoms with Crippen molar-refractivity contribution in [2.75, 3.05) is 31.1 Å². The average molecular weight is 1220 g/mol. The van der Waals surface area contributed by atoms with Gasteiger partial charge < -0.3 is 87.4 Å². The summed E-state index contributed by atoms with van der Waals surface area (Å²) in [6.07, 6.45) is 3.26. The van der Waals surface area contributed by atoms with Crippen LogP contribution >= 0.6 is 41.2 Å². The second kappa shape index (κ2) is 35.3. The number of nitrogens with zero attached hydrogens (tertiary/aromatic N) is 3. The van der Waals surface area contributed by atoms with Crippen LogP contribution < -0.4 is 77.4 Å². The van der Waals surface area contributed by atoms with Gasteiger partial charge in [-0.3, -0.25) is 48.5 Å². The van der Waals surface area contributed by atoms with Crippen LogP contribution in [0.4, 0.5) is 0 Å². The van der Waals surface area contributed by atoms with Crippen molar-refractivity contribution in [3.05, 3.63) is 71.9 Å². The number of carbonyl (C=O) groups excluding carboxylic acids is 7. The normalized spacial score (nSPS) is 14.4. The molecule has 0 saturated heterocycles. The van der Waals surface area contributed by atoms with E-state index in [4.69, 9.17) is 40.1 Å². The first-order chi connectivity index (χ1) is 38.1. The number of carbonyl (C=O) groups is 8. The molecule has 9 atom stereocenters. The van der Waals surface area contributed by atoms with Crippen LogP contribution in [0.5, 0.6) is 0 Å². The Hall–Kier alpha value is -7.31. The lowest BCUT2D eigenvalue weighted by Crippen LogP contribution is -2.61. The van der Waals surface area contributed by atoms with E-state index in [1.807, 2.05) is 19.1 Å². The van der Waals surface area contributed by atoms with Gasteiger partial charge in [-0.1, -0.05) is 84.2 Å². The second-order valence-corrected chi connectivity index (χ2v) is 20.7. The summed E-state index contributed by atoms with van der Waals surface area (Å²) >= 11 is 11.9. The number of rotatable bonds is 36. The topological polar surface area (TPSA) is 476 Å². The third kappa shape index (κ3) is 24.0. The summed E-state index contributed by atoms with van der Waals surface area (Å²) in [4.78, 5) is 125. The fourth-order valence-corrected chi connectivity index (χ4v) is 8.97. The van der Waals surface area contributed by atoms with Gasteiger partial charge in [-0.25, -0.2) is 4.79 Å². The zero-order valence-corrected chi connectivity index (χ0v) is 47.8. The molecule has 1 heterocycles. The van der Waals surface area contributed by atoms with Crippen LogP contribution in [-0.4, -0.2) is 160 Å². The first-order valence-electron chi connectivity index (χ1n) is 25.8. The fourth-order valence-electron chi connectivity index (χ4n) is 7.95. The molecular formula is C50H77BrN18O9S2. The summed E-state index contributed by atoms with van der Waals surface area (Å²) in [5, 5.41) is 29.0. The van der Waals surface area contributed by atoms with Gasteiger partial charge in [0.25, 0.3) is 0 Å². The molecule has 23 N–H and O–H groups in total. The van der Waals surface area contributed by atoms with E-state index in [0.717, 1.165) is 10.9 Å². The minimum Gasteiger partial charge on any atom is -0.480 e. The highest BCUT2D eigenvalue weighted by molar-refractivity contribution is 9.09. The van der Waals surface area contributed by atoms with E-state index in [1.165, 1.54) is 0 Å². The number of nitrogens with one attached hydrogen (secondary N) is 8. The number of carboxylic acid groups (broad SMARTS) is 1. The predicted octanol–water partition coefficient (Wildman–Crippen LogP) is -2.66. The Balaban J connectivity index is 1.99. The highest BCUT2D eigenvalue weighted by Crippen LogP contribution is 2.20. The van der Waals surface area contributed by atoms with Crippen LogP contribution in [0.2, 0.25) is 0 Å². The van der Waals surface area contributed by atoms with Gasteiger partial charge in [0.2, 0.25) is 41.4 Å². The van der Waals surface area contributed by atoms with Gasteiger partial charge in [0.15, 0.2) is 17.9 Å². The van der Waals surface area contributed by atoms with Gasteiger partial charge in [0.05, 0.1) is 12.6 Å². The Bertz CT molecular complexity index is 2620. The molecule has 0 aliphatic heterocycles. The SMILES string of the molecule is CCCC[C@H](NC(=O)[C@@H](N)CCCN=C(N)N)C(=O)N[C@@H](CS)C(=O)N[C@@H](CCCN=C(N)N)C(=O)N[C@H](Cc1ccccc1)C(=O)N[C@@H](CC(Br)CN=C(N)N)C(=O)N[C@@H](Cc1c[nH]c2ccccc12)C(=O)N[C@@H](CS)C(=O)O. The molecule has 27 nitrogen and oxygen atoms in total. The van der Waals surface area contributed by atoms with Crippen molar-refractivity contribution in [3.8, 4) is 0 Å². The number of para-hydroxylation sites is 1. The van der Waals surface area contributed by atoms with E-state index in [9.17, 15) is 43.5 Å². The number of hydrogen-bond donors (Lipinski definition) is 18. The van der Waals surface area contributed by atoms with E-state index in [2.05, 4.69) is 98.4 Å². The number of nitrogens with two attached hydrogens (primary N) is 7. The van der Waals surface area contributed by atoms with Crippen molar-refractivity contribution < 1.29 is 43.5 Å². The summed E-state index contributed by atoms with van der Waals surface area (Å²) < 4.78 is 0. The fraction of sp³-hybridized carbons (Fsp3) is 0.500.